The monoisotopic (exact) mass is 252 g/mol. The predicted octanol–water partition coefficient (Wildman–Crippen LogP) is 2.39. The predicted molar refractivity (Wildman–Crippen MR) is 66.4 cm³/mol. The highest BCUT2D eigenvalue weighted by Gasteiger charge is 2.73. The summed E-state index contributed by atoms with van der Waals surface area (Å²) in [5.41, 5.74) is 5.77. The van der Waals surface area contributed by atoms with Crippen molar-refractivity contribution < 1.29 is 8.78 Å². The fraction of sp³-hybridized carbons (Fsp3) is 0.571. The van der Waals surface area contributed by atoms with Crippen LogP contribution in [0.3, 0.4) is 0 Å². The maximum Gasteiger partial charge on any atom is 0.269 e. The molecule has 2 fully saturated rings. The molecule has 0 aromatic heterocycles. The Kier molecular flexibility index (Phi) is 2.68. The molecule has 2 atom stereocenters. The minimum atomic E-state index is -2.67. The van der Waals surface area contributed by atoms with E-state index in [1.807, 2.05) is 30.3 Å². The number of rotatable bonds is 3. The molecule has 4 heteroatoms. The number of alkyl halides is 2. The quantitative estimate of drug-likeness (QED) is 0.895. The largest absolute Gasteiger partial charge is 0.319 e. The summed E-state index contributed by atoms with van der Waals surface area (Å²) in [6.45, 7) is 1.59. The van der Waals surface area contributed by atoms with Crippen LogP contribution >= 0.6 is 0 Å². The third kappa shape index (κ3) is 1.84. The first-order valence-corrected chi connectivity index (χ1v) is 6.48. The summed E-state index contributed by atoms with van der Waals surface area (Å²) in [7, 11) is 0. The van der Waals surface area contributed by atoms with Crippen molar-refractivity contribution in [2.45, 2.75) is 43.3 Å². The van der Waals surface area contributed by atoms with Crippen LogP contribution in [0.1, 0.15) is 24.8 Å². The van der Waals surface area contributed by atoms with Gasteiger partial charge in [0.2, 0.25) is 0 Å². The van der Waals surface area contributed by atoms with Crippen molar-refractivity contribution in [3.8, 4) is 0 Å². The van der Waals surface area contributed by atoms with Gasteiger partial charge < -0.3 is 5.73 Å². The van der Waals surface area contributed by atoms with Crippen LogP contribution in [0.2, 0.25) is 0 Å². The third-order valence-electron chi connectivity index (χ3n) is 4.26. The summed E-state index contributed by atoms with van der Waals surface area (Å²) in [4.78, 5) is 2.12. The van der Waals surface area contributed by atoms with Gasteiger partial charge >= 0.3 is 0 Å². The summed E-state index contributed by atoms with van der Waals surface area (Å²) in [5.74, 6) is -2.67. The van der Waals surface area contributed by atoms with Gasteiger partial charge in [0.25, 0.3) is 5.92 Å². The summed E-state index contributed by atoms with van der Waals surface area (Å²) in [6.07, 6.45) is 1.60. The van der Waals surface area contributed by atoms with Crippen LogP contribution in [-0.4, -0.2) is 28.9 Å². The van der Waals surface area contributed by atoms with Crippen LogP contribution in [0.4, 0.5) is 8.78 Å². The summed E-state index contributed by atoms with van der Waals surface area (Å²) < 4.78 is 26.8. The molecular weight excluding hydrogens is 234 g/mol. The molecule has 1 saturated carbocycles. The molecule has 18 heavy (non-hydrogen) atoms. The molecule has 1 aromatic rings. The van der Waals surface area contributed by atoms with Gasteiger partial charge in [0, 0.05) is 19.0 Å². The van der Waals surface area contributed by atoms with Gasteiger partial charge in [0.05, 0.1) is 0 Å². The van der Waals surface area contributed by atoms with Crippen molar-refractivity contribution in [1.29, 1.82) is 0 Å². The molecule has 2 N–H and O–H groups in total. The van der Waals surface area contributed by atoms with Gasteiger partial charge in [-0.1, -0.05) is 30.3 Å². The Bertz CT molecular complexity index is 435. The second kappa shape index (κ2) is 4.00. The van der Waals surface area contributed by atoms with Crippen LogP contribution < -0.4 is 5.73 Å². The van der Waals surface area contributed by atoms with E-state index in [2.05, 4.69) is 4.90 Å². The number of hydrogen-bond donors (Lipinski definition) is 1. The molecular formula is C14H18F2N2. The number of benzene rings is 1. The second-order valence-corrected chi connectivity index (χ2v) is 5.54. The van der Waals surface area contributed by atoms with Crippen molar-refractivity contribution in [2.24, 2.45) is 5.73 Å². The fourth-order valence-electron chi connectivity index (χ4n) is 3.10. The van der Waals surface area contributed by atoms with Gasteiger partial charge in [0.15, 0.2) is 0 Å². The van der Waals surface area contributed by atoms with E-state index >= 15 is 0 Å². The zero-order valence-electron chi connectivity index (χ0n) is 10.3. The SMILES string of the molecule is NC1(C2CCCN2Cc2ccccc2)CC1(F)F. The zero-order valence-corrected chi connectivity index (χ0v) is 10.3. The Hall–Kier alpha value is -1.00. The van der Waals surface area contributed by atoms with Gasteiger partial charge in [-0.15, -0.1) is 0 Å². The number of nitrogens with two attached hydrogens (primary N) is 1. The summed E-state index contributed by atoms with van der Waals surface area (Å²) >= 11 is 0. The van der Waals surface area contributed by atoms with Gasteiger partial charge in [-0.05, 0) is 24.9 Å². The molecule has 2 nitrogen and oxygen atoms in total. The van der Waals surface area contributed by atoms with E-state index in [4.69, 9.17) is 5.73 Å². The maximum absolute atomic E-state index is 13.4. The summed E-state index contributed by atoms with van der Waals surface area (Å²) in [6, 6.07) is 9.81. The van der Waals surface area contributed by atoms with E-state index in [1.54, 1.807) is 0 Å². The Morgan fingerprint density at radius 1 is 1.28 bits per heavy atom. The molecule has 1 saturated heterocycles. The lowest BCUT2D eigenvalue weighted by molar-refractivity contribution is 0.0592. The Labute approximate surface area is 106 Å². The first-order valence-electron chi connectivity index (χ1n) is 6.48. The molecule has 0 spiro atoms. The highest BCUT2D eigenvalue weighted by atomic mass is 19.3. The van der Waals surface area contributed by atoms with Crippen molar-refractivity contribution in [2.75, 3.05) is 6.54 Å². The number of hydrogen-bond acceptors (Lipinski definition) is 2. The van der Waals surface area contributed by atoms with E-state index in [0.29, 0.717) is 0 Å². The lowest BCUT2D eigenvalue weighted by Gasteiger charge is -2.29. The Balaban J connectivity index is 1.73. The van der Waals surface area contributed by atoms with E-state index in [9.17, 15) is 8.78 Å². The smallest absolute Gasteiger partial charge is 0.269 e. The number of likely N-dealkylation sites (tertiary alicyclic amines) is 1. The fourth-order valence-corrected chi connectivity index (χ4v) is 3.10. The average molecular weight is 252 g/mol. The van der Waals surface area contributed by atoms with Crippen molar-refractivity contribution in [3.05, 3.63) is 35.9 Å². The molecule has 3 rings (SSSR count). The van der Waals surface area contributed by atoms with Crippen LogP contribution in [0, 0.1) is 0 Å². The number of nitrogens with zero attached hydrogens (tertiary/aromatic N) is 1. The third-order valence-corrected chi connectivity index (χ3v) is 4.26. The lowest BCUT2D eigenvalue weighted by Crippen LogP contribution is -2.49. The maximum atomic E-state index is 13.4. The molecule has 0 radical (unpaired) electrons. The van der Waals surface area contributed by atoms with E-state index in [0.717, 1.165) is 31.5 Å². The van der Waals surface area contributed by atoms with Crippen LogP contribution in [0.25, 0.3) is 0 Å². The summed E-state index contributed by atoms with van der Waals surface area (Å²) in [5, 5.41) is 0. The molecule has 1 heterocycles. The van der Waals surface area contributed by atoms with Crippen molar-refractivity contribution in [3.63, 3.8) is 0 Å². The van der Waals surface area contributed by atoms with Gasteiger partial charge in [-0.25, -0.2) is 8.78 Å². The molecule has 2 aliphatic rings. The van der Waals surface area contributed by atoms with Crippen LogP contribution in [-0.2, 0) is 6.54 Å². The van der Waals surface area contributed by atoms with E-state index in [-0.39, 0.29) is 12.5 Å². The first kappa shape index (κ1) is 12.1. The molecule has 1 aromatic carbocycles. The standard InChI is InChI=1S/C14H18F2N2/c15-14(16)10-13(14,17)12-7-4-8-18(12)9-11-5-2-1-3-6-11/h1-3,5-6,12H,4,7-10,17H2. The molecule has 2 unspecified atom stereocenters. The van der Waals surface area contributed by atoms with E-state index < -0.39 is 11.5 Å². The second-order valence-electron chi connectivity index (χ2n) is 5.54. The molecule has 0 amide bonds. The highest BCUT2D eigenvalue weighted by Crippen LogP contribution is 2.55. The molecule has 98 valence electrons. The average Bonchev–Trinajstić information content (AvgIpc) is 2.71. The number of halogens is 2. The Morgan fingerprint density at radius 2 is 1.94 bits per heavy atom. The Morgan fingerprint density at radius 3 is 2.56 bits per heavy atom. The minimum Gasteiger partial charge on any atom is -0.319 e. The van der Waals surface area contributed by atoms with Crippen LogP contribution in [0.5, 0.6) is 0 Å². The van der Waals surface area contributed by atoms with Crippen molar-refractivity contribution >= 4 is 0 Å². The minimum absolute atomic E-state index is 0.157. The van der Waals surface area contributed by atoms with Crippen LogP contribution in [0.15, 0.2) is 30.3 Å². The molecule has 0 bridgehead atoms. The zero-order chi connectivity index (χ0) is 12.8. The topological polar surface area (TPSA) is 29.3 Å². The highest BCUT2D eigenvalue weighted by molar-refractivity contribution is 5.24. The van der Waals surface area contributed by atoms with Gasteiger partial charge in [-0.2, -0.15) is 0 Å². The van der Waals surface area contributed by atoms with Gasteiger partial charge in [0.1, 0.15) is 5.54 Å². The molecule has 1 aliphatic heterocycles. The first-order chi connectivity index (χ1) is 8.53. The normalized spacial score (nSPS) is 34.7. The molecule has 1 aliphatic carbocycles. The van der Waals surface area contributed by atoms with Gasteiger partial charge in [-0.3, -0.25) is 4.90 Å². The van der Waals surface area contributed by atoms with Crippen molar-refractivity contribution in [1.82, 2.24) is 4.90 Å². The van der Waals surface area contributed by atoms with E-state index in [1.165, 1.54) is 0 Å². The lowest BCUT2D eigenvalue weighted by atomic mass is 10.0.